The minimum absolute atomic E-state index is 0.0729. The third-order valence-electron chi connectivity index (χ3n) is 6.22. The van der Waals surface area contributed by atoms with Crippen molar-refractivity contribution in [2.24, 2.45) is 0 Å². The zero-order valence-corrected chi connectivity index (χ0v) is 21.0. The number of nitrogens with zero attached hydrogens (tertiary/aromatic N) is 3. The van der Waals surface area contributed by atoms with Gasteiger partial charge in [-0.25, -0.2) is 4.98 Å². The predicted molar refractivity (Wildman–Crippen MR) is 143 cm³/mol. The van der Waals surface area contributed by atoms with Gasteiger partial charge >= 0.3 is 0 Å². The highest BCUT2D eigenvalue weighted by Gasteiger charge is 2.20. The van der Waals surface area contributed by atoms with Crippen LogP contribution >= 0.6 is 11.3 Å². The molecule has 1 aliphatic heterocycles. The van der Waals surface area contributed by atoms with Crippen LogP contribution in [0.1, 0.15) is 20.7 Å². The standard InChI is InChI=1S/C28H28N4O3S/c1-31-14-16-32(17-15-31)28(34)21-9-7-20(8-10-21)27-30-24-12-11-22(19-25(24)36-27)26(33)29-13-18-35-23-5-3-2-4-6-23/h2-12,19H,13-18H2,1H3,(H,29,33). The van der Waals surface area contributed by atoms with Crippen molar-refractivity contribution in [3.05, 3.63) is 83.9 Å². The molecule has 0 aliphatic carbocycles. The number of ether oxygens (including phenoxy) is 1. The SMILES string of the molecule is CN1CCN(C(=O)c2ccc(-c3nc4ccc(C(=O)NCCOc5ccccc5)cc4s3)cc2)CC1. The number of para-hydroxylation sites is 1. The minimum atomic E-state index is -0.143. The number of hydrogen-bond acceptors (Lipinski definition) is 6. The molecule has 0 radical (unpaired) electrons. The van der Waals surface area contributed by atoms with Gasteiger partial charge in [0.05, 0.1) is 16.8 Å². The highest BCUT2D eigenvalue weighted by molar-refractivity contribution is 7.21. The van der Waals surface area contributed by atoms with Crippen LogP contribution in [0.2, 0.25) is 0 Å². The molecule has 1 aromatic heterocycles. The average molecular weight is 501 g/mol. The monoisotopic (exact) mass is 500 g/mol. The molecule has 1 aliphatic rings. The lowest BCUT2D eigenvalue weighted by molar-refractivity contribution is 0.0664. The van der Waals surface area contributed by atoms with Crippen LogP contribution in [0.3, 0.4) is 0 Å². The van der Waals surface area contributed by atoms with Gasteiger partial charge in [0.2, 0.25) is 0 Å². The van der Waals surface area contributed by atoms with Gasteiger partial charge in [0.25, 0.3) is 11.8 Å². The summed E-state index contributed by atoms with van der Waals surface area (Å²) in [5.41, 5.74) is 3.08. The van der Waals surface area contributed by atoms with Crippen molar-refractivity contribution >= 4 is 33.4 Å². The average Bonchev–Trinajstić information content (AvgIpc) is 3.35. The van der Waals surface area contributed by atoms with Gasteiger partial charge < -0.3 is 19.9 Å². The molecule has 184 valence electrons. The second-order valence-electron chi connectivity index (χ2n) is 8.79. The van der Waals surface area contributed by atoms with Crippen LogP contribution in [0.15, 0.2) is 72.8 Å². The maximum atomic E-state index is 12.8. The number of likely N-dealkylation sites (N-methyl/N-ethyl adjacent to an activating group) is 1. The van der Waals surface area contributed by atoms with Gasteiger partial charge in [-0.05, 0) is 49.5 Å². The number of aromatic nitrogens is 1. The van der Waals surface area contributed by atoms with Crippen molar-refractivity contribution in [1.82, 2.24) is 20.1 Å². The first-order valence-electron chi connectivity index (χ1n) is 12.0. The Balaban J connectivity index is 1.21. The lowest BCUT2D eigenvalue weighted by atomic mass is 10.1. The Morgan fingerprint density at radius 2 is 1.67 bits per heavy atom. The van der Waals surface area contributed by atoms with E-state index in [2.05, 4.69) is 17.3 Å². The Morgan fingerprint density at radius 3 is 2.42 bits per heavy atom. The third kappa shape index (κ3) is 5.56. The van der Waals surface area contributed by atoms with Crippen molar-refractivity contribution in [2.45, 2.75) is 0 Å². The molecule has 36 heavy (non-hydrogen) atoms. The van der Waals surface area contributed by atoms with Crippen LogP contribution in [-0.4, -0.2) is 73.0 Å². The maximum Gasteiger partial charge on any atom is 0.253 e. The summed E-state index contributed by atoms with van der Waals surface area (Å²) in [6, 6.07) is 22.7. The zero-order chi connectivity index (χ0) is 24.9. The first-order chi connectivity index (χ1) is 17.6. The molecule has 0 atom stereocenters. The van der Waals surface area contributed by atoms with Gasteiger partial charge in [-0.1, -0.05) is 30.3 Å². The Hall–Kier alpha value is -3.75. The number of carbonyl (C=O) groups is 2. The van der Waals surface area contributed by atoms with Crippen molar-refractivity contribution < 1.29 is 14.3 Å². The van der Waals surface area contributed by atoms with Crippen LogP contribution in [0.5, 0.6) is 5.75 Å². The molecule has 1 N–H and O–H groups in total. The zero-order valence-electron chi connectivity index (χ0n) is 20.1. The summed E-state index contributed by atoms with van der Waals surface area (Å²) < 4.78 is 6.57. The molecule has 0 spiro atoms. The summed E-state index contributed by atoms with van der Waals surface area (Å²) in [6.45, 7) is 4.12. The number of piperazine rings is 1. The fourth-order valence-corrected chi connectivity index (χ4v) is 5.10. The van der Waals surface area contributed by atoms with E-state index in [0.29, 0.717) is 24.3 Å². The normalized spacial score (nSPS) is 14.1. The molecular formula is C28H28N4O3S. The molecule has 3 aromatic carbocycles. The lowest BCUT2D eigenvalue weighted by Gasteiger charge is -2.32. The Labute approximate surface area is 214 Å². The molecule has 2 heterocycles. The van der Waals surface area contributed by atoms with Gasteiger partial charge in [-0.3, -0.25) is 9.59 Å². The second-order valence-corrected chi connectivity index (χ2v) is 9.82. The fourth-order valence-electron chi connectivity index (χ4n) is 4.09. The Morgan fingerprint density at radius 1 is 0.944 bits per heavy atom. The molecule has 0 bridgehead atoms. The topological polar surface area (TPSA) is 74.8 Å². The van der Waals surface area contributed by atoms with Crippen molar-refractivity contribution in [1.29, 1.82) is 0 Å². The highest BCUT2D eigenvalue weighted by atomic mass is 32.1. The quantitative estimate of drug-likeness (QED) is 0.386. The van der Waals surface area contributed by atoms with Gasteiger partial charge in [-0.15, -0.1) is 11.3 Å². The second kappa shape index (κ2) is 10.9. The molecule has 8 heteroatoms. The van der Waals surface area contributed by atoms with E-state index in [1.807, 2.05) is 71.6 Å². The number of carbonyl (C=O) groups excluding carboxylic acids is 2. The predicted octanol–water partition coefficient (Wildman–Crippen LogP) is 4.16. The maximum absolute atomic E-state index is 12.8. The third-order valence-corrected chi connectivity index (χ3v) is 7.29. The van der Waals surface area contributed by atoms with Crippen LogP contribution < -0.4 is 10.1 Å². The van der Waals surface area contributed by atoms with Crippen molar-refractivity contribution in [3.63, 3.8) is 0 Å². The molecule has 4 aromatic rings. The van der Waals surface area contributed by atoms with E-state index < -0.39 is 0 Å². The summed E-state index contributed by atoms with van der Waals surface area (Å²) in [5.74, 6) is 0.709. The molecule has 0 saturated carbocycles. The van der Waals surface area contributed by atoms with E-state index in [9.17, 15) is 9.59 Å². The number of nitrogens with one attached hydrogen (secondary N) is 1. The molecule has 0 unspecified atom stereocenters. The van der Waals surface area contributed by atoms with Crippen LogP contribution in [0.4, 0.5) is 0 Å². The Kier molecular flexibility index (Phi) is 7.25. The highest BCUT2D eigenvalue weighted by Crippen LogP contribution is 2.31. The first kappa shape index (κ1) is 24.0. The smallest absolute Gasteiger partial charge is 0.253 e. The number of amides is 2. The summed E-state index contributed by atoms with van der Waals surface area (Å²) in [6.07, 6.45) is 0. The van der Waals surface area contributed by atoms with Crippen LogP contribution in [-0.2, 0) is 0 Å². The number of hydrogen-bond donors (Lipinski definition) is 1. The number of thiazole rings is 1. The number of benzene rings is 3. The van der Waals surface area contributed by atoms with E-state index in [-0.39, 0.29) is 11.8 Å². The largest absolute Gasteiger partial charge is 0.492 e. The fraction of sp³-hybridized carbons (Fsp3) is 0.250. The van der Waals surface area contributed by atoms with Crippen LogP contribution in [0, 0.1) is 0 Å². The van der Waals surface area contributed by atoms with Gasteiger partial charge in [0.15, 0.2) is 0 Å². The first-order valence-corrected chi connectivity index (χ1v) is 12.8. The summed E-state index contributed by atoms with van der Waals surface area (Å²) in [7, 11) is 2.08. The molecule has 2 amide bonds. The summed E-state index contributed by atoms with van der Waals surface area (Å²) >= 11 is 1.53. The summed E-state index contributed by atoms with van der Waals surface area (Å²) in [4.78, 5) is 34.3. The van der Waals surface area contributed by atoms with Crippen LogP contribution in [0.25, 0.3) is 20.8 Å². The number of fused-ring (bicyclic) bond motifs is 1. The molecule has 5 rings (SSSR count). The van der Waals surface area contributed by atoms with E-state index in [0.717, 1.165) is 52.7 Å². The van der Waals surface area contributed by atoms with E-state index in [1.54, 1.807) is 6.07 Å². The van der Waals surface area contributed by atoms with E-state index in [1.165, 1.54) is 11.3 Å². The van der Waals surface area contributed by atoms with Gasteiger partial charge in [0.1, 0.15) is 17.4 Å². The molecule has 1 fully saturated rings. The number of rotatable bonds is 7. The van der Waals surface area contributed by atoms with E-state index >= 15 is 0 Å². The van der Waals surface area contributed by atoms with Crippen molar-refractivity contribution in [3.8, 4) is 16.3 Å². The Bertz CT molecular complexity index is 1350. The van der Waals surface area contributed by atoms with Gasteiger partial charge in [-0.2, -0.15) is 0 Å². The van der Waals surface area contributed by atoms with E-state index in [4.69, 9.17) is 9.72 Å². The van der Waals surface area contributed by atoms with Crippen molar-refractivity contribution in [2.75, 3.05) is 46.4 Å². The summed E-state index contributed by atoms with van der Waals surface area (Å²) in [5, 5.41) is 3.76. The molecule has 1 saturated heterocycles. The lowest BCUT2D eigenvalue weighted by Crippen LogP contribution is -2.47. The molecular weight excluding hydrogens is 472 g/mol. The minimum Gasteiger partial charge on any atom is -0.492 e. The van der Waals surface area contributed by atoms with Gasteiger partial charge in [0, 0.05) is 42.9 Å². The molecule has 7 nitrogen and oxygen atoms in total.